The predicted molar refractivity (Wildman–Crippen MR) is 68.5 cm³/mol. The molecule has 0 fully saturated rings. The minimum Gasteiger partial charge on any atom is -0.493 e. The molecule has 0 heterocycles. The van der Waals surface area contributed by atoms with Gasteiger partial charge in [0.25, 0.3) is 0 Å². The first-order chi connectivity index (χ1) is 8.24. The highest BCUT2D eigenvalue weighted by Crippen LogP contribution is 2.28. The van der Waals surface area contributed by atoms with Crippen LogP contribution in [0.3, 0.4) is 0 Å². The third-order valence-corrected chi connectivity index (χ3v) is 3.04. The van der Waals surface area contributed by atoms with Crippen molar-refractivity contribution in [1.82, 2.24) is 0 Å². The molecule has 0 aliphatic heterocycles. The van der Waals surface area contributed by atoms with Crippen LogP contribution in [-0.4, -0.2) is 18.8 Å². The van der Waals surface area contributed by atoms with E-state index in [9.17, 15) is 0 Å². The Morgan fingerprint density at radius 2 is 1.88 bits per heavy atom. The van der Waals surface area contributed by atoms with Crippen LogP contribution >= 0.6 is 0 Å². The SMILES string of the molecule is CCC(CC)COc1ccc(CO)cc1OC. The van der Waals surface area contributed by atoms with E-state index < -0.39 is 0 Å². The Morgan fingerprint density at radius 1 is 1.18 bits per heavy atom. The predicted octanol–water partition coefficient (Wildman–Crippen LogP) is 3.00. The van der Waals surface area contributed by atoms with Crippen LogP contribution < -0.4 is 9.47 Å². The second-order valence-electron chi connectivity index (χ2n) is 4.14. The van der Waals surface area contributed by atoms with Crippen LogP contribution in [0.25, 0.3) is 0 Å². The van der Waals surface area contributed by atoms with E-state index in [1.807, 2.05) is 18.2 Å². The Hall–Kier alpha value is -1.22. The van der Waals surface area contributed by atoms with Crippen LogP contribution in [0.1, 0.15) is 32.3 Å². The maximum Gasteiger partial charge on any atom is 0.161 e. The molecule has 0 unspecified atom stereocenters. The molecular formula is C14H22O3. The van der Waals surface area contributed by atoms with Gasteiger partial charge >= 0.3 is 0 Å². The Balaban J connectivity index is 2.70. The van der Waals surface area contributed by atoms with E-state index in [1.54, 1.807) is 7.11 Å². The average Bonchev–Trinajstić information content (AvgIpc) is 2.39. The van der Waals surface area contributed by atoms with Crippen LogP contribution in [0.2, 0.25) is 0 Å². The van der Waals surface area contributed by atoms with Crippen molar-refractivity contribution in [3.63, 3.8) is 0 Å². The summed E-state index contributed by atoms with van der Waals surface area (Å²) in [6, 6.07) is 5.51. The van der Waals surface area contributed by atoms with Crippen molar-refractivity contribution < 1.29 is 14.6 Å². The fraction of sp³-hybridized carbons (Fsp3) is 0.571. The number of ether oxygens (including phenoxy) is 2. The second kappa shape index (κ2) is 7.17. The van der Waals surface area contributed by atoms with Gasteiger partial charge in [0.15, 0.2) is 11.5 Å². The maximum absolute atomic E-state index is 9.05. The first-order valence-electron chi connectivity index (χ1n) is 6.15. The zero-order valence-electron chi connectivity index (χ0n) is 10.9. The number of hydrogen-bond donors (Lipinski definition) is 1. The molecule has 0 atom stereocenters. The van der Waals surface area contributed by atoms with E-state index in [-0.39, 0.29) is 6.61 Å². The molecular weight excluding hydrogens is 216 g/mol. The Labute approximate surface area is 103 Å². The standard InChI is InChI=1S/C14H22O3/c1-4-11(5-2)10-17-13-7-6-12(9-15)8-14(13)16-3/h6-8,11,15H,4-5,9-10H2,1-3H3. The van der Waals surface area contributed by atoms with Crippen molar-refractivity contribution in [3.8, 4) is 11.5 Å². The summed E-state index contributed by atoms with van der Waals surface area (Å²) in [5, 5.41) is 9.05. The lowest BCUT2D eigenvalue weighted by Gasteiger charge is -2.16. The second-order valence-corrected chi connectivity index (χ2v) is 4.14. The molecule has 0 bridgehead atoms. The van der Waals surface area contributed by atoms with Gasteiger partial charge in [0, 0.05) is 0 Å². The summed E-state index contributed by atoms with van der Waals surface area (Å²) in [7, 11) is 1.61. The summed E-state index contributed by atoms with van der Waals surface area (Å²) >= 11 is 0. The minimum absolute atomic E-state index is 0.0170. The third-order valence-electron chi connectivity index (χ3n) is 3.04. The van der Waals surface area contributed by atoms with Gasteiger partial charge in [0.05, 0.1) is 20.3 Å². The molecule has 1 aromatic rings. The van der Waals surface area contributed by atoms with Crippen molar-refractivity contribution in [1.29, 1.82) is 0 Å². The van der Waals surface area contributed by atoms with Crippen LogP contribution in [0.15, 0.2) is 18.2 Å². The van der Waals surface area contributed by atoms with Gasteiger partial charge in [0.2, 0.25) is 0 Å². The molecule has 0 saturated carbocycles. The summed E-state index contributed by atoms with van der Waals surface area (Å²) < 4.78 is 11.0. The molecule has 1 N–H and O–H groups in total. The number of benzene rings is 1. The van der Waals surface area contributed by atoms with Crippen molar-refractivity contribution in [3.05, 3.63) is 23.8 Å². The van der Waals surface area contributed by atoms with Gasteiger partial charge < -0.3 is 14.6 Å². The van der Waals surface area contributed by atoms with Crippen LogP contribution in [0.4, 0.5) is 0 Å². The fourth-order valence-electron chi connectivity index (χ4n) is 1.66. The van der Waals surface area contributed by atoms with Crippen LogP contribution in [0, 0.1) is 5.92 Å². The molecule has 0 spiro atoms. The topological polar surface area (TPSA) is 38.7 Å². The normalized spacial score (nSPS) is 10.6. The highest BCUT2D eigenvalue weighted by Gasteiger charge is 2.09. The summed E-state index contributed by atoms with van der Waals surface area (Å²) in [6.45, 7) is 5.07. The highest BCUT2D eigenvalue weighted by atomic mass is 16.5. The first-order valence-corrected chi connectivity index (χ1v) is 6.15. The van der Waals surface area contributed by atoms with Crippen molar-refractivity contribution >= 4 is 0 Å². The van der Waals surface area contributed by atoms with E-state index in [1.165, 1.54) is 0 Å². The van der Waals surface area contributed by atoms with Gasteiger partial charge in [-0.05, 0) is 23.6 Å². The first kappa shape index (κ1) is 13.8. The number of hydrogen-bond acceptors (Lipinski definition) is 3. The summed E-state index contributed by atoms with van der Waals surface area (Å²) in [4.78, 5) is 0. The number of aliphatic hydroxyl groups excluding tert-OH is 1. The third kappa shape index (κ3) is 3.93. The molecule has 0 radical (unpaired) electrons. The molecule has 1 rings (SSSR count). The molecule has 0 aliphatic rings. The van der Waals surface area contributed by atoms with Gasteiger partial charge in [-0.25, -0.2) is 0 Å². The van der Waals surface area contributed by atoms with E-state index >= 15 is 0 Å². The highest BCUT2D eigenvalue weighted by molar-refractivity contribution is 5.42. The van der Waals surface area contributed by atoms with E-state index in [4.69, 9.17) is 14.6 Å². The summed E-state index contributed by atoms with van der Waals surface area (Å²) in [5.74, 6) is 2.01. The van der Waals surface area contributed by atoms with E-state index in [2.05, 4.69) is 13.8 Å². The van der Waals surface area contributed by atoms with Crippen molar-refractivity contribution in [2.45, 2.75) is 33.3 Å². The fourth-order valence-corrected chi connectivity index (χ4v) is 1.66. The zero-order valence-corrected chi connectivity index (χ0v) is 10.9. The quantitative estimate of drug-likeness (QED) is 0.793. The monoisotopic (exact) mass is 238 g/mol. The van der Waals surface area contributed by atoms with Gasteiger partial charge in [-0.15, -0.1) is 0 Å². The van der Waals surface area contributed by atoms with E-state index in [0.29, 0.717) is 18.3 Å². The molecule has 1 aromatic carbocycles. The maximum atomic E-state index is 9.05. The minimum atomic E-state index is 0.0170. The molecule has 0 amide bonds. The summed E-state index contributed by atoms with van der Waals surface area (Å²) in [5.41, 5.74) is 0.830. The van der Waals surface area contributed by atoms with Gasteiger partial charge in [-0.2, -0.15) is 0 Å². The molecule has 3 nitrogen and oxygen atoms in total. The Morgan fingerprint density at radius 3 is 2.41 bits per heavy atom. The molecule has 3 heteroatoms. The van der Waals surface area contributed by atoms with Gasteiger partial charge in [0.1, 0.15) is 0 Å². The molecule has 17 heavy (non-hydrogen) atoms. The lowest BCUT2D eigenvalue weighted by Crippen LogP contribution is -2.10. The van der Waals surface area contributed by atoms with Crippen LogP contribution in [-0.2, 0) is 6.61 Å². The Bertz CT molecular complexity index is 332. The number of rotatable bonds is 7. The zero-order chi connectivity index (χ0) is 12.7. The molecule has 0 aliphatic carbocycles. The lowest BCUT2D eigenvalue weighted by atomic mass is 10.1. The van der Waals surface area contributed by atoms with Crippen molar-refractivity contribution in [2.24, 2.45) is 5.92 Å². The average molecular weight is 238 g/mol. The molecule has 0 aromatic heterocycles. The number of aliphatic hydroxyl groups is 1. The van der Waals surface area contributed by atoms with Gasteiger partial charge in [-0.3, -0.25) is 0 Å². The largest absolute Gasteiger partial charge is 0.493 e. The number of methoxy groups -OCH3 is 1. The summed E-state index contributed by atoms with van der Waals surface area (Å²) in [6.07, 6.45) is 2.24. The van der Waals surface area contributed by atoms with E-state index in [0.717, 1.165) is 24.2 Å². The van der Waals surface area contributed by atoms with Gasteiger partial charge in [-0.1, -0.05) is 32.8 Å². The lowest BCUT2D eigenvalue weighted by molar-refractivity contribution is 0.230. The van der Waals surface area contributed by atoms with Crippen molar-refractivity contribution in [2.75, 3.05) is 13.7 Å². The molecule has 0 saturated heterocycles. The Kier molecular flexibility index (Phi) is 5.84. The van der Waals surface area contributed by atoms with Crippen LogP contribution in [0.5, 0.6) is 11.5 Å². The smallest absolute Gasteiger partial charge is 0.161 e. The molecule has 96 valence electrons.